The van der Waals surface area contributed by atoms with Crippen LogP contribution in [0.2, 0.25) is 0 Å². The topological polar surface area (TPSA) is 89.3 Å². The fraction of sp³-hybridized carbons (Fsp3) is 0.222. The van der Waals surface area contributed by atoms with Crippen LogP contribution in [0.3, 0.4) is 0 Å². The number of nitrogens with two attached hydrogens (primary N) is 1. The number of carbonyl (C=O) groups excluding carboxylic acids is 1. The molecule has 1 aromatic rings. The molecule has 0 aromatic heterocycles. The van der Waals surface area contributed by atoms with Crippen molar-refractivity contribution < 1.29 is 13.2 Å². The van der Waals surface area contributed by atoms with E-state index in [2.05, 4.69) is 5.14 Å². The van der Waals surface area contributed by atoms with E-state index in [9.17, 15) is 13.2 Å². The van der Waals surface area contributed by atoms with Gasteiger partial charge in [-0.1, -0.05) is 6.07 Å². The van der Waals surface area contributed by atoms with Crippen molar-refractivity contribution in [3.8, 4) is 0 Å². The first-order valence-electron chi connectivity index (χ1n) is 4.22. The highest BCUT2D eigenvalue weighted by Crippen LogP contribution is 2.09. The van der Waals surface area contributed by atoms with Gasteiger partial charge in [0.05, 0.1) is 0 Å². The Kier molecular flexibility index (Phi) is 3.11. The van der Waals surface area contributed by atoms with Crippen LogP contribution in [0.15, 0.2) is 18.2 Å². The lowest BCUT2D eigenvalue weighted by Gasteiger charge is -2.04. The molecule has 0 heterocycles. The van der Waals surface area contributed by atoms with Crippen LogP contribution in [-0.4, -0.2) is 14.3 Å². The Hall–Kier alpha value is -1.40. The fourth-order valence-electron chi connectivity index (χ4n) is 1.07. The lowest BCUT2D eigenvalue weighted by Crippen LogP contribution is -2.36. The number of carbonyl (C=O) groups is 1. The second-order valence-electron chi connectivity index (χ2n) is 3.28. The van der Waals surface area contributed by atoms with E-state index in [4.69, 9.17) is 0 Å². The average Bonchev–Trinajstić information content (AvgIpc) is 2.06. The molecule has 6 heteroatoms. The van der Waals surface area contributed by atoms with E-state index < -0.39 is 16.1 Å². The highest BCUT2D eigenvalue weighted by atomic mass is 32.2. The van der Waals surface area contributed by atoms with Crippen molar-refractivity contribution in [3.63, 3.8) is 0 Å². The van der Waals surface area contributed by atoms with Crippen LogP contribution < -0.4 is 9.86 Å². The van der Waals surface area contributed by atoms with Crippen LogP contribution in [0.25, 0.3) is 0 Å². The minimum absolute atomic E-state index is 0.270. The Bertz CT molecular complexity index is 494. The van der Waals surface area contributed by atoms with Crippen molar-refractivity contribution in [2.24, 2.45) is 5.14 Å². The normalized spacial score (nSPS) is 11.1. The molecule has 0 unspecified atom stereocenters. The molecule has 0 saturated carbocycles. The second kappa shape index (κ2) is 4.00. The Balaban J connectivity index is 2.98. The molecule has 0 aliphatic heterocycles. The first-order valence-corrected chi connectivity index (χ1v) is 5.76. The molecule has 3 N–H and O–H groups in total. The monoisotopic (exact) mass is 228 g/mol. The summed E-state index contributed by atoms with van der Waals surface area (Å²) in [5.74, 6) is -0.722. The van der Waals surface area contributed by atoms with E-state index in [-0.39, 0.29) is 5.56 Å². The number of nitrogens with one attached hydrogen (secondary N) is 1. The van der Waals surface area contributed by atoms with Crippen LogP contribution >= 0.6 is 0 Å². The summed E-state index contributed by atoms with van der Waals surface area (Å²) in [4.78, 5) is 11.4. The average molecular weight is 228 g/mol. The van der Waals surface area contributed by atoms with Gasteiger partial charge in [0.25, 0.3) is 16.1 Å². The van der Waals surface area contributed by atoms with Gasteiger partial charge < -0.3 is 0 Å². The molecule has 0 spiro atoms. The van der Waals surface area contributed by atoms with Crippen molar-refractivity contribution in [2.75, 3.05) is 0 Å². The summed E-state index contributed by atoms with van der Waals surface area (Å²) in [6.45, 7) is 3.74. The number of aryl methyl sites for hydroxylation is 2. The van der Waals surface area contributed by atoms with Gasteiger partial charge >= 0.3 is 0 Å². The smallest absolute Gasteiger partial charge is 0.268 e. The zero-order valence-electron chi connectivity index (χ0n) is 8.44. The molecule has 0 saturated heterocycles. The number of benzene rings is 1. The predicted octanol–water partition coefficient (Wildman–Crippen LogP) is 0.237. The van der Waals surface area contributed by atoms with Crippen LogP contribution in [0.1, 0.15) is 21.5 Å². The maximum Gasteiger partial charge on any atom is 0.298 e. The van der Waals surface area contributed by atoms with Gasteiger partial charge in [-0.3, -0.25) is 4.79 Å². The van der Waals surface area contributed by atoms with Crippen molar-refractivity contribution >= 4 is 16.1 Å². The zero-order chi connectivity index (χ0) is 11.6. The Morgan fingerprint density at radius 1 is 1.27 bits per heavy atom. The van der Waals surface area contributed by atoms with E-state index >= 15 is 0 Å². The third kappa shape index (κ3) is 3.34. The molecular formula is C9H12N2O3S. The molecule has 1 amide bonds. The third-order valence-corrected chi connectivity index (χ3v) is 2.47. The van der Waals surface area contributed by atoms with E-state index in [1.807, 2.05) is 13.8 Å². The van der Waals surface area contributed by atoms with E-state index in [0.717, 1.165) is 11.1 Å². The summed E-state index contributed by atoms with van der Waals surface area (Å²) in [5, 5.41) is 4.68. The Morgan fingerprint density at radius 3 is 2.33 bits per heavy atom. The molecule has 1 rings (SSSR count). The number of amides is 1. The maximum atomic E-state index is 11.4. The quantitative estimate of drug-likeness (QED) is 0.759. The minimum atomic E-state index is -3.99. The number of hydrogen-bond acceptors (Lipinski definition) is 3. The fourth-order valence-corrected chi connectivity index (χ4v) is 1.45. The van der Waals surface area contributed by atoms with Gasteiger partial charge in [0.2, 0.25) is 0 Å². The van der Waals surface area contributed by atoms with E-state index in [0.29, 0.717) is 0 Å². The number of rotatable bonds is 2. The number of hydrogen-bond donors (Lipinski definition) is 2. The van der Waals surface area contributed by atoms with E-state index in [1.54, 1.807) is 22.9 Å². The summed E-state index contributed by atoms with van der Waals surface area (Å²) in [6, 6.07) is 4.89. The van der Waals surface area contributed by atoms with Gasteiger partial charge in [0.1, 0.15) is 0 Å². The summed E-state index contributed by atoms with van der Waals surface area (Å²) in [7, 11) is -3.99. The summed E-state index contributed by atoms with van der Waals surface area (Å²) < 4.78 is 22.9. The van der Waals surface area contributed by atoms with Crippen LogP contribution in [0.5, 0.6) is 0 Å². The molecular weight excluding hydrogens is 216 g/mol. The van der Waals surface area contributed by atoms with Crippen LogP contribution in [0, 0.1) is 13.8 Å². The summed E-state index contributed by atoms with van der Waals surface area (Å²) >= 11 is 0. The molecule has 0 atom stereocenters. The van der Waals surface area contributed by atoms with Gasteiger partial charge in [0.15, 0.2) is 0 Å². The minimum Gasteiger partial charge on any atom is -0.268 e. The van der Waals surface area contributed by atoms with E-state index in [1.165, 1.54) is 0 Å². The summed E-state index contributed by atoms with van der Waals surface area (Å²) in [6.07, 6.45) is 0. The SMILES string of the molecule is Cc1ccc(C(=O)NS(N)(=O)=O)cc1C. The molecule has 0 radical (unpaired) electrons. The van der Waals surface area contributed by atoms with Crippen LogP contribution in [0.4, 0.5) is 0 Å². The van der Waals surface area contributed by atoms with Crippen LogP contribution in [-0.2, 0) is 10.2 Å². The Labute approximate surface area is 88.5 Å². The predicted molar refractivity (Wildman–Crippen MR) is 56.5 cm³/mol. The van der Waals surface area contributed by atoms with Crippen molar-refractivity contribution in [3.05, 3.63) is 34.9 Å². The molecule has 15 heavy (non-hydrogen) atoms. The largest absolute Gasteiger partial charge is 0.298 e. The Morgan fingerprint density at radius 2 is 1.87 bits per heavy atom. The van der Waals surface area contributed by atoms with Gasteiger partial charge in [0, 0.05) is 5.56 Å². The first kappa shape index (κ1) is 11.7. The summed E-state index contributed by atoms with van der Waals surface area (Å²) in [5.41, 5.74) is 2.21. The van der Waals surface area contributed by atoms with Gasteiger partial charge in [-0.2, -0.15) is 8.42 Å². The third-order valence-electron chi connectivity index (χ3n) is 2.00. The van der Waals surface area contributed by atoms with Crippen molar-refractivity contribution in [2.45, 2.75) is 13.8 Å². The highest BCUT2D eigenvalue weighted by Gasteiger charge is 2.11. The van der Waals surface area contributed by atoms with Crippen molar-refractivity contribution in [1.82, 2.24) is 4.72 Å². The van der Waals surface area contributed by atoms with Gasteiger partial charge in [-0.05, 0) is 37.1 Å². The molecule has 0 fully saturated rings. The molecule has 1 aromatic carbocycles. The molecule has 5 nitrogen and oxygen atoms in total. The zero-order valence-corrected chi connectivity index (χ0v) is 9.26. The molecule has 0 bridgehead atoms. The first-order chi connectivity index (χ1) is 6.79. The lowest BCUT2D eigenvalue weighted by atomic mass is 10.1. The highest BCUT2D eigenvalue weighted by molar-refractivity contribution is 7.87. The van der Waals surface area contributed by atoms with Crippen molar-refractivity contribution in [1.29, 1.82) is 0 Å². The standard InChI is InChI=1S/C9H12N2O3S/c1-6-3-4-8(5-7(6)2)9(12)11-15(10,13)14/h3-5H,1-2H3,(H,11,12)(H2,10,13,14). The molecule has 0 aliphatic carbocycles. The second-order valence-corrected chi connectivity index (χ2v) is 4.57. The van der Waals surface area contributed by atoms with Gasteiger partial charge in [-0.25, -0.2) is 9.86 Å². The molecule has 0 aliphatic rings. The van der Waals surface area contributed by atoms with Gasteiger partial charge in [-0.15, -0.1) is 0 Å². The molecule has 82 valence electrons. The lowest BCUT2D eigenvalue weighted by molar-refractivity contribution is 0.0981. The maximum absolute atomic E-state index is 11.4.